The number of aliphatic carboxylic acids is 1. The summed E-state index contributed by atoms with van der Waals surface area (Å²) in [6, 6.07) is 4.23. The molecule has 9 atom stereocenters. The number of benzene rings is 1. The summed E-state index contributed by atoms with van der Waals surface area (Å²) < 4.78 is 11.9. The average molecular weight is 746 g/mol. The molecule has 300 valence electrons. The molecule has 4 amide bonds. The lowest BCUT2D eigenvalue weighted by molar-refractivity contribution is -0.148. The van der Waals surface area contributed by atoms with Crippen molar-refractivity contribution in [3.8, 4) is 0 Å². The van der Waals surface area contributed by atoms with Gasteiger partial charge in [0, 0.05) is 34.2 Å². The van der Waals surface area contributed by atoms with Gasteiger partial charge in [0.25, 0.3) is 0 Å². The van der Waals surface area contributed by atoms with Crippen LogP contribution in [-0.4, -0.2) is 122 Å². The summed E-state index contributed by atoms with van der Waals surface area (Å²) in [6.45, 7) is 15.8. The van der Waals surface area contributed by atoms with Gasteiger partial charge in [-0.05, 0) is 50.1 Å². The fourth-order valence-corrected chi connectivity index (χ4v) is 7.51. The first-order valence-corrected chi connectivity index (χ1v) is 19.1. The molecular formula is C40H67N5O8. The van der Waals surface area contributed by atoms with Crippen LogP contribution < -0.4 is 16.0 Å². The van der Waals surface area contributed by atoms with E-state index in [9.17, 15) is 29.1 Å². The molecule has 4 N–H and O–H groups in total. The number of carboxylic acid groups (broad SMARTS) is 1. The van der Waals surface area contributed by atoms with Gasteiger partial charge in [0.05, 0.1) is 42.7 Å². The Labute approximate surface area is 317 Å². The van der Waals surface area contributed by atoms with Gasteiger partial charge < -0.3 is 40.3 Å². The second kappa shape index (κ2) is 21.4. The van der Waals surface area contributed by atoms with Crippen molar-refractivity contribution in [3.05, 3.63) is 35.4 Å². The van der Waals surface area contributed by atoms with E-state index < -0.39 is 60.2 Å². The minimum atomic E-state index is -1.14. The SMILES string of the molecule is CCC(C)C(C(CC(=O)N1CCC[C@H]1C(OC)[C@@H](C)C(=O)NC(Cc1ccc(C)cc1)C(=O)O)OC)N(C)C(=O)[C@@H](NC(=O)C(NC)C(C)C)C(C)C. The summed E-state index contributed by atoms with van der Waals surface area (Å²) in [5.41, 5.74) is 1.84. The number of carbonyl (C=O) groups is 5. The molecule has 1 heterocycles. The van der Waals surface area contributed by atoms with Crippen molar-refractivity contribution in [1.29, 1.82) is 0 Å². The van der Waals surface area contributed by atoms with Crippen LogP contribution in [0.15, 0.2) is 24.3 Å². The lowest BCUT2D eigenvalue weighted by atomic mass is 9.89. The number of amides is 4. The van der Waals surface area contributed by atoms with Gasteiger partial charge in [-0.25, -0.2) is 4.79 Å². The molecule has 0 saturated carbocycles. The molecule has 6 unspecified atom stereocenters. The van der Waals surface area contributed by atoms with Crippen molar-refractivity contribution in [2.75, 3.05) is 34.9 Å². The molecule has 1 aliphatic heterocycles. The largest absolute Gasteiger partial charge is 0.480 e. The highest BCUT2D eigenvalue weighted by molar-refractivity contribution is 5.90. The second-order valence-electron chi connectivity index (χ2n) is 15.4. The Morgan fingerprint density at radius 1 is 0.925 bits per heavy atom. The van der Waals surface area contributed by atoms with E-state index in [0.29, 0.717) is 19.4 Å². The molecular weight excluding hydrogens is 678 g/mol. The van der Waals surface area contributed by atoms with Gasteiger partial charge in [-0.1, -0.05) is 84.7 Å². The minimum Gasteiger partial charge on any atom is -0.480 e. The normalized spacial score (nSPS) is 19.1. The van der Waals surface area contributed by atoms with Crippen LogP contribution in [-0.2, 0) is 39.9 Å². The number of hydrogen-bond acceptors (Lipinski definition) is 8. The summed E-state index contributed by atoms with van der Waals surface area (Å²) in [4.78, 5) is 70.5. The van der Waals surface area contributed by atoms with E-state index in [1.807, 2.05) is 72.7 Å². The number of likely N-dealkylation sites (N-methyl/N-ethyl adjacent to an activating group) is 2. The summed E-state index contributed by atoms with van der Waals surface area (Å²) in [5.74, 6) is -3.27. The maximum atomic E-state index is 14.1. The predicted molar refractivity (Wildman–Crippen MR) is 205 cm³/mol. The highest BCUT2D eigenvalue weighted by Gasteiger charge is 2.43. The summed E-state index contributed by atoms with van der Waals surface area (Å²) in [6.07, 6.45) is 0.812. The van der Waals surface area contributed by atoms with Gasteiger partial charge in [-0.3, -0.25) is 19.2 Å². The Balaban J connectivity index is 2.26. The van der Waals surface area contributed by atoms with Gasteiger partial charge in [-0.2, -0.15) is 0 Å². The fraction of sp³-hybridized carbons (Fsp3) is 0.725. The molecule has 0 bridgehead atoms. The third kappa shape index (κ3) is 12.2. The lowest BCUT2D eigenvalue weighted by Gasteiger charge is -2.41. The van der Waals surface area contributed by atoms with E-state index in [-0.39, 0.29) is 48.3 Å². The Morgan fingerprint density at radius 3 is 2.02 bits per heavy atom. The summed E-state index contributed by atoms with van der Waals surface area (Å²) in [7, 11) is 6.46. The first kappa shape index (κ1) is 45.6. The number of aryl methyl sites for hydroxylation is 1. The Kier molecular flexibility index (Phi) is 18.4. The quantitative estimate of drug-likeness (QED) is 0.148. The molecule has 0 aromatic heterocycles. The number of nitrogens with zero attached hydrogens (tertiary/aromatic N) is 2. The van der Waals surface area contributed by atoms with Crippen molar-refractivity contribution in [1.82, 2.24) is 25.8 Å². The molecule has 0 radical (unpaired) electrons. The van der Waals surface area contributed by atoms with Crippen LogP contribution >= 0.6 is 0 Å². The van der Waals surface area contributed by atoms with Crippen molar-refractivity contribution in [2.24, 2.45) is 23.7 Å². The van der Waals surface area contributed by atoms with Gasteiger partial charge >= 0.3 is 5.97 Å². The molecule has 1 aliphatic rings. The Bertz CT molecular complexity index is 1350. The third-order valence-electron chi connectivity index (χ3n) is 10.9. The Hall–Kier alpha value is -3.55. The van der Waals surface area contributed by atoms with Crippen LogP contribution in [0.3, 0.4) is 0 Å². The monoisotopic (exact) mass is 745 g/mol. The fourth-order valence-electron chi connectivity index (χ4n) is 7.51. The standard InChI is InChI=1S/C40H67N5O8/c1-13-26(7)35(44(10)39(49)34(24(4)5)43-38(48)33(41-9)23(2)3)31(52-11)22-32(46)45-20-14-15-30(45)36(53-12)27(8)37(47)42-29(40(50)51)21-28-18-16-25(6)17-19-28/h16-19,23-24,26-27,29-31,33-36,41H,13-15,20-22H2,1-12H3,(H,42,47)(H,43,48)(H,50,51)/t26?,27-,29?,30+,31?,33?,34+,35?,36?/m1/s1. The number of nitrogens with one attached hydrogen (secondary N) is 3. The summed E-state index contributed by atoms with van der Waals surface area (Å²) >= 11 is 0. The van der Waals surface area contributed by atoms with Gasteiger partial charge in [0.15, 0.2) is 0 Å². The number of rotatable bonds is 21. The molecule has 2 rings (SSSR count). The molecule has 0 aliphatic carbocycles. The highest BCUT2D eigenvalue weighted by atomic mass is 16.5. The highest BCUT2D eigenvalue weighted by Crippen LogP contribution is 2.30. The Morgan fingerprint density at radius 2 is 1.53 bits per heavy atom. The molecule has 13 nitrogen and oxygen atoms in total. The summed E-state index contributed by atoms with van der Waals surface area (Å²) in [5, 5.41) is 18.6. The molecule has 1 aromatic rings. The van der Waals surface area contributed by atoms with Crippen LogP contribution in [0.4, 0.5) is 0 Å². The number of ether oxygens (including phenoxy) is 2. The number of carbonyl (C=O) groups excluding carboxylic acids is 4. The van der Waals surface area contributed by atoms with Crippen LogP contribution in [0.25, 0.3) is 0 Å². The van der Waals surface area contributed by atoms with Gasteiger partial charge in [0.2, 0.25) is 23.6 Å². The first-order valence-electron chi connectivity index (χ1n) is 19.1. The average Bonchev–Trinajstić information content (AvgIpc) is 3.60. The van der Waals surface area contributed by atoms with E-state index in [0.717, 1.165) is 17.5 Å². The molecule has 1 fully saturated rings. The van der Waals surface area contributed by atoms with Crippen LogP contribution in [0.2, 0.25) is 0 Å². The second-order valence-corrected chi connectivity index (χ2v) is 15.4. The van der Waals surface area contributed by atoms with Gasteiger partial charge in [0.1, 0.15) is 12.1 Å². The van der Waals surface area contributed by atoms with Crippen LogP contribution in [0.1, 0.15) is 85.3 Å². The van der Waals surface area contributed by atoms with Crippen molar-refractivity contribution >= 4 is 29.6 Å². The number of hydrogen-bond donors (Lipinski definition) is 4. The molecule has 1 aromatic carbocycles. The number of likely N-dealkylation sites (tertiary alicyclic amines) is 1. The minimum absolute atomic E-state index is 0.0117. The zero-order valence-corrected chi connectivity index (χ0v) is 34.1. The predicted octanol–water partition coefficient (Wildman–Crippen LogP) is 3.41. The number of carboxylic acids is 1. The molecule has 13 heteroatoms. The molecule has 0 spiro atoms. The smallest absolute Gasteiger partial charge is 0.326 e. The van der Waals surface area contributed by atoms with Crippen molar-refractivity contribution in [3.63, 3.8) is 0 Å². The van der Waals surface area contributed by atoms with E-state index in [1.54, 1.807) is 30.8 Å². The van der Waals surface area contributed by atoms with E-state index in [2.05, 4.69) is 16.0 Å². The zero-order chi connectivity index (χ0) is 40.2. The van der Waals surface area contributed by atoms with Gasteiger partial charge in [-0.15, -0.1) is 0 Å². The van der Waals surface area contributed by atoms with Crippen LogP contribution in [0.5, 0.6) is 0 Å². The molecule has 1 saturated heterocycles. The van der Waals surface area contributed by atoms with E-state index in [1.165, 1.54) is 14.2 Å². The maximum absolute atomic E-state index is 14.1. The maximum Gasteiger partial charge on any atom is 0.326 e. The van der Waals surface area contributed by atoms with Crippen LogP contribution in [0, 0.1) is 30.6 Å². The zero-order valence-electron chi connectivity index (χ0n) is 34.1. The third-order valence-corrected chi connectivity index (χ3v) is 10.9. The topological polar surface area (TPSA) is 167 Å². The first-order chi connectivity index (χ1) is 24.9. The van der Waals surface area contributed by atoms with E-state index in [4.69, 9.17) is 9.47 Å². The van der Waals surface area contributed by atoms with E-state index >= 15 is 0 Å². The van der Waals surface area contributed by atoms with Crippen molar-refractivity contribution < 1.29 is 38.6 Å². The number of methoxy groups -OCH3 is 2. The lowest BCUT2D eigenvalue weighted by Crippen LogP contribution is -2.59. The molecule has 53 heavy (non-hydrogen) atoms. The van der Waals surface area contributed by atoms with Crippen molar-refractivity contribution in [2.45, 2.75) is 130 Å².